The van der Waals surface area contributed by atoms with E-state index >= 15 is 0 Å². The summed E-state index contributed by atoms with van der Waals surface area (Å²) in [6.07, 6.45) is -2.81. The van der Waals surface area contributed by atoms with Crippen LogP contribution in [0.1, 0.15) is 35.7 Å². The van der Waals surface area contributed by atoms with E-state index in [2.05, 4.69) is 15.5 Å². The number of hydrogen-bond acceptors (Lipinski definition) is 5. The van der Waals surface area contributed by atoms with Gasteiger partial charge < -0.3 is 14.8 Å². The minimum atomic E-state index is -4.57. The Hall–Kier alpha value is -2.00. The van der Waals surface area contributed by atoms with Crippen molar-refractivity contribution in [3.63, 3.8) is 0 Å². The van der Waals surface area contributed by atoms with E-state index in [9.17, 15) is 18.0 Å². The third-order valence-corrected chi connectivity index (χ3v) is 3.70. The van der Waals surface area contributed by atoms with Gasteiger partial charge in [-0.2, -0.15) is 13.2 Å². The van der Waals surface area contributed by atoms with Gasteiger partial charge in [0.2, 0.25) is 0 Å². The minimum absolute atomic E-state index is 0.102. The number of ether oxygens (including phenoxy) is 2. The highest BCUT2D eigenvalue weighted by Gasteiger charge is 2.65. The van der Waals surface area contributed by atoms with E-state index in [1.807, 2.05) is 6.92 Å². The monoisotopic (exact) mass is 373 g/mol. The van der Waals surface area contributed by atoms with E-state index < -0.39 is 11.8 Å². The third kappa shape index (κ3) is 5.25. The van der Waals surface area contributed by atoms with Gasteiger partial charge in [0.1, 0.15) is 0 Å². The van der Waals surface area contributed by atoms with E-state index in [0.717, 1.165) is 19.4 Å². The van der Waals surface area contributed by atoms with Crippen LogP contribution >= 0.6 is 0 Å². The molecule has 1 aromatic carbocycles. The van der Waals surface area contributed by atoms with Crippen LogP contribution in [0.25, 0.3) is 0 Å². The molecule has 0 saturated heterocycles. The quantitative estimate of drug-likeness (QED) is 0.604. The maximum absolute atomic E-state index is 12.9. The molecule has 1 aliphatic rings. The Bertz CT molecular complexity index is 612. The molecule has 1 heterocycles. The van der Waals surface area contributed by atoms with Crippen LogP contribution in [0.5, 0.6) is 0 Å². The maximum Gasteiger partial charge on any atom is 0.442 e. The lowest BCUT2D eigenvalue weighted by atomic mass is 10.0. The number of carbonyl (C=O) groups excluding carboxylic acids is 1. The second kappa shape index (κ2) is 9.09. The molecule has 144 valence electrons. The Balaban J connectivity index is 1.67. The zero-order valence-electron chi connectivity index (χ0n) is 14.5. The molecule has 0 spiro atoms. The number of nitrogens with zero attached hydrogens (tertiary/aromatic N) is 2. The van der Waals surface area contributed by atoms with Gasteiger partial charge in [0.25, 0.3) is 5.91 Å². The molecule has 0 aliphatic carbocycles. The van der Waals surface area contributed by atoms with Crippen molar-refractivity contribution in [3.05, 3.63) is 35.4 Å². The molecule has 9 heteroatoms. The lowest BCUT2D eigenvalue weighted by Crippen LogP contribution is -2.30. The topological polar surface area (TPSA) is 72.3 Å². The van der Waals surface area contributed by atoms with Gasteiger partial charge in [-0.05, 0) is 25.0 Å². The normalized spacial score (nSPS) is 15.1. The van der Waals surface area contributed by atoms with Gasteiger partial charge in [-0.25, -0.2) is 0 Å². The molecule has 0 bridgehead atoms. The van der Waals surface area contributed by atoms with Gasteiger partial charge in [0, 0.05) is 37.5 Å². The average molecular weight is 373 g/mol. The summed E-state index contributed by atoms with van der Waals surface area (Å²) in [5.74, 6) is -0.378. The van der Waals surface area contributed by atoms with Crippen molar-refractivity contribution in [1.29, 1.82) is 0 Å². The van der Waals surface area contributed by atoms with Crippen molar-refractivity contribution >= 4 is 5.91 Å². The van der Waals surface area contributed by atoms with Crippen molar-refractivity contribution in [2.45, 2.75) is 31.6 Å². The van der Waals surface area contributed by atoms with Crippen LogP contribution in [0.15, 0.2) is 34.5 Å². The van der Waals surface area contributed by atoms with Crippen molar-refractivity contribution < 1.29 is 27.4 Å². The molecule has 2 rings (SSSR count). The van der Waals surface area contributed by atoms with Crippen LogP contribution in [0.2, 0.25) is 0 Å². The molecule has 1 aliphatic heterocycles. The smallest absolute Gasteiger partial charge is 0.381 e. The predicted molar refractivity (Wildman–Crippen MR) is 87.9 cm³/mol. The fourth-order valence-corrected chi connectivity index (χ4v) is 2.25. The summed E-state index contributed by atoms with van der Waals surface area (Å²) in [4.78, 5) is 12.0. The average Bonchev–Trinajstić information content (AvgIpc) is 3.42. The highest BCUT2D eigenvalue weighted by molar-refractivity contribution is 5.94. The molecule has 1 N–H and O–H groups in total. The first kappa shape index (κ1) is 20.3. The molecule has 0 aromatic heterocycles. The zero-order valence-corrected chi connectivity index (χ0v) is 14.5. The lowest BCUT2D eigenvalue weighted by molar-refractivity contribution is -0.166. The van der Waals surface area contributed by atoms with Crippen LogP contribution in [-0.2, 0) is 15.1 Å². The summed E-state index contributed by atoms with van der Waals surface area (Å²) in [6, 6.07) is 5.09. The van der Waals surface area contributed by atoms with Crippen LogP contribution in [0.3, 0.4) is 0 Å². The first-order valence-electron chi connectivity index (χ1n) is 8.46. The highest BCUT2D eigenvalue weighted by atomic mass is 19.4. The predicted octanol–water partition coefficient (Wildman–Crippen LogP) is 3.43. The molecule has 0 unspecified atom stereocenters. The van der Waals surface area contributed by atoms with Gasteiger partial charge >= 0.3 is 11.8 Å². The van der Waals surface area contributed by atoms with E-state index in [1.54, 1.807) is 0 Å². The Labute approximate surface area is 149 Å². The summed E-state index contributed by atoms with van der Waals surface area (Å²) < 4.78 is 49.4. The van der Waals surface area contributed by atoms with Crippen LogP contribution in [0, 0.1) is 0 Å². The summed E-state index contributed by atoms with van der Waals surface area (Å²) >= 11 is 0. The number of halogens is 3. The molecule has 0 radical (unpaired) electrons. The summed E-state index contributed by atoms with van der Waals surface area (Å²) in [7, 11) is 0. The second-order valence-electron chi connectivity index (χ2n) is 5.78. The summed E-state index contributed by atoms with van der Waals surface area (Å²) in [6.45, 7) is 4.63. The zero-order chi connectivity index (χ0) is 19.0. The fraction of sp³-hybridized carbons (Fsp3) is 0.588. The van der Waals surface area contributed by atoms with E-state index in [1.165, 1.54) is 24.3 Å². The minimum Gasteiger partial charge on any atom is -0.381 e. The molecular formula is C17H22F3N3O3. The van der Waals surface area contributed by atoms with Gasteiger partial charge in [0.05, 0.1) is 6.61 Å². The molecule has 0 atom stereocenters. The molecule has 0 saturated carbocycles. The number of rotatable bonds is 11. The van der Waals surface area contributed by atoms with Crippen molar-refractivity contribution in [1.82, 2.24) is 5.32 Å². The Kier molecular flexibility index (Phi) is 7.10. The SMILES string of the molecule is CCCOCCCOCCNC(=O)c1ccc(C2(C(F)(F)F)N=N2)cc1. The first-order chi connectivity index (χ1) is 12.4. The van der Waals surface area contributed by atoms with E-state index in [0.29, 0.717) is 26.4 Å². The Morgan fingerprint density at radius 2 is 1.69 bits per heavy atom. The van der Waals surface area contributed by atoms with Crippen molar-refractivity contribution in [2.75, 3.05) is 33.0 Å². The summed E-state index contributed by atoms with van der Waals surface area (Å²) in [5.41, 5.74) is -2.30. The molecule has 0 fully saturated rings. The standard InChI is InChI=1S/C17H22F3N3O3/c1-2-9-25-10-3-11-26-12-8-21-15(24)13-4-6-14(7-5-13)16(22-23-16)17(18,19)20/h4-7H,2-3,8-12H2,1H3,(H,21,24). The highest BCUT2D eigenvalue weighted by Crippen LogP contribution is 2.52. The molecule has 1 amide bonds. The summed E-state index contributed by atoms with van der Waals surface area (Å²) in [5, 5.41) is 8.90. The van der Waals surface area contributed by atoms with Crippen LogP contribution in [-0.4, -0.2) is 45.1 Å². The van der Waals surface area contributed by atoms with Crippen molar-refractivity contribution in [2.24, 2.45) is 10.2 Å². The molecule has 6 nitrogen and oxygen atoms in total. The van der Waals surface area contributed by atoms with Gasteiger partial charge in [-0.1, -0.05) is 19.1 Å². The number of alkyl halides is 3. The van der Waals surface area contributed by atoms with E-state index in [4.69, 9.17) is 9.47 Å². The molecule has 1 aromatic rings. The van der Waals surface area contributed by atoms with E-state index in [-0.39, 0.29) is 17.0 Å². The number of amides is 1. The largest absolute Gasteiger partial charge is 0.442 e. The van der Waals surface area contributed by atoms with Crippen LogP contribution in [0.4, 0.5) is 13.2 Å². The second-order valence-corrected chi connectivity index (χ2v) is 5.78. The number of hydrogen-bond donors (Lipinski definition) is 1. The first-order valence-corrected chi connectivity index (χ1v) is 8.46. The number of carbonyl (C=O) groups is 1. The molecule has 26 heavy (non-hydrogen) atoms. The van der Waals surface area contributed by atoms with Gasteiger partial charge in [0.15, 0.2) is 0 Å². The number of benzene rings is 1. The van der Waals surface area contributed by atoms with Crippen molar-refractivity contribution in [3.8, 4) is 0 Å². The Morgan fingerprint density at radius 1 is 1.08 bits per heavy atom. The van der Waals surface area contributed by atoms with Crippen LogP contribution < -0.4 is 5.32 Å². The maximum atomic E-state index is 12.9. The fourth-order valence-electron chi connectivity index (χ4n) is 2.25. The lowest BCUT2D eigenvalue weighted by Gasteiger charge is -2.15. The third-order valence-electron chi connectivity index (χ3n) is 3.70. The molecular weight excluding hydrogens is 351 g/mol. The van der Waals surface area contributed by atoms with Gasteiger partial charge in [-0.3, -0.25) is 4.79 Å². The van der Waals surface area contributed by atoms with Gasteiger partial charge in [-0.15, -0.1) is 10.2 Å². The number of nitrogens with one attached hydrogen (secondary N) is 1. The Morgan fingerprint density at radius 3 is 2.23 bits per heavy atom.